The average molecular weight is 235 g/mol. The lowest BCUT2D eigenvalue weighted by atomic mass is 10.00. The maximum atomic E-state index is 11.6. The van der Waals surface area contributed by atoms with Crippen LogP contribution < -0.4 is 0 Å². The van der Waals surface area contributed by atoms with Crippen LogP contribution in [-0.2, 0) is 11.2 Å². The van der Waals surface area contributed by atoms with Gasteiger partial charge in [0, 0.05) is 4.90 Å². The number of rotatable bonds is 3. The van der Waals surface area contributed by atoms with Crippen LogP contribution in [0.5, 0.6) is 0 Å². The van der Waals surface area contributed by atoms with Gasteiger partial charge in [0.15, 0.2) is 0 Å². The molecule has 0 aromatic heterocycles. The number of nitrogens with zero attached hydrogens (tertiary/aromatic N) is 1. The number of benzene rings is 1. The summed E-state index contributed by atoms with van der Waals surface area (Å²) in [5.74, 6) is -0.456. The summed E-state index contributed by atoms with van der Waals surface area (Å²) < 4.78 is 4.89. The van der Waals surface area contributed by atoms with Crippen LogP contribution in [0.25, 0.3) is 0 Å². The van der Waals surface area contributed by atoms with E-state index >= 15 is 0 Å². The minimum atomic E-state index is -0.456. The Hall–Kier alpha value is -1.47. The van der Waals surface area contributed by atoms with Crippen LogP contribution in [0.3, 0.4) is 0 Å². The van der Waals surface area contributed by atoms with Gasteiger partial charge in [-0.2, -0.15) is 5.26 Å². The third kappa shape index (κ3) is 2.37. The van der Waals surface area contributed by atoms with Crippen LogP contribution in [0.15, 0.2) is 17.0 Å². The Morgan fingerprint density at radius 2 is 2.19 bits per heavy atom. The molecule has 4 heteroatoms. The van der Waals surface area contributed by atoms with E-state index in [0.717, 1.165) is 10.5 Å². The molecule has 0 saturated carbocycles. The van der Waals surface area contributed by atoms with Crippen molar-refractivity contribution in [2.75, 3.05) is 6.61 Å². The van der Waals surface area contributed by atoms with Crippen molar-refractivity contribution >= 4 is 18.6 Å². The second kappa shape index (κ2) is 5.57. The zero-order valence-electron chi connectivity index (χ0n) is 9.28. The van der Waals surface area contributed by atoms with Crippen LogP contribution in [-0.4, -0.2) is 12.6 Å². The van der Waals surface area contributed by atoms with E-state index < -0.39 is 5.97 Å². The van der Waals surface area contributed by atoms with Crippen LogP contribution in [0, 0.1) is 11.3 Å². The molecule has 0 heterocycles. The second-order valence-corrected chi connectivity index (χ2v) is 3.65. The van der Waals surface area contributed by atoms with Gasteiger partial charge in [-0.15, -0.1) is 12.6 Å². The highest BCUT2D eigenvalue weighted by Gasteiger charge is 2.16. The van der Waals surface area contributed by atoms with Gasteiger partial charge in [0.05, 0.1) is 17.7 Å². The number of esters is 1. The van der Waals surface area contributed by atoms with Gasteiger partial charge < -0.3 is 4.74 Å². The zero-order chi connectivity index (χ0) is 12.1. The Balaban J connectivity index is 3.31. The number of thiol groups is 1. The second-order valence-electron chi connectivity index (χ2n) is 3.17. The summed E-state index contributed by atoms with van der Waals surface area (Å²) in [6, 6.07) is 5.34. The number of ether oxygens (including phenoxy) is 1. The van der Waals surface area contributed by atoms with Crippen LogP contribution in [0.4, 0.5) is 0 Å². The van der Waals surface area contributed by atoms with E-state index in [1.165, 1.54) is 0 Å². The fourth-order valence-electron chi connectivity index (χ4n) is 1.50. The first-order valence-corrected chi connectivity index (χ1v) is 5.52. The molecule has 0 atom stereocenters. The maximum absolute atomic E-state index is 11.6. The minimum absolute atomic E-state index is 0.299. The lowest BCUT2D eigenvalue weighted by Crippen LogP contribution is -2.09. The topological polar surface area (TPSA) is 50.1 Å². The SMILES string of the molecule is CCOC(=O)c1ccc(S)c(CC)c1C#N. The molecule has 0 spiro atoms. The summed E-state index contributed by atoms with van der Waals surface area (Å²) in [6.45, 7) is 3.95. The molecular weight excluding hydrogens is 222 g/mol. The highest BCUT2D eigenvalue weighted by atomic mass is 32.1. The van der Waals surface area contributed by atoms with Gasteiger partial charge in [0.2, 0.25) is 0 Å². The number of hydrogen-bond donors (Lipinski definition) is 1. The minimum Gasteiger partial charge on any atom is -0.462 e. The van der Waals surface area contributed by atoms with Crippen molar-refractivity contribution in [3.8, 4) is 6.07 Å². The Morgan fingerprint density at radius 3 is 2.69 bits per heavy atom. The Morgan fingerprint density at radius 1 is 1.50 bits per heavy atom. The van der Waals surface area contributed by atoms with E-state index in [0.29, 0.717) is 24.2 Å². The fourth-order valence-corrected chi connectivity index (χ4v) is 1.85. The number of nitriles is 1. The lowest BCUT2D eigenvalue weighted by molar-refractivity contribution is 0.0526. The smallest absolute Gasteiger partial charge is 0.339 e. The van der Waals surface area contributed by atoms with Gasteiger partial charge in [-0.05, 0) is 31.0 Å². The standard InChI is InChI=1S/C12H13NO2S/c1-3-8-10(7-13)9(5-6-11(8)16)12(14)15-4-2/h5-6,16H,3-4H2,1-2H3. The molecule has 0 aliphatic heterocycles. The molecule has 84 valence electrons. The molecule has 3 nitrogen and oxygen atoms in total. The summed E-state index contributed by atoms with van der Waals surface area (Å²) in [5, 5.41) is 9.08. The van der Waals surface area contributed by atoms with Crippen LogP contribution >= 0.6 is 12.6 Å². The molecule has 0 bridgehead atoms. The molecule has 0 N–H and O–H groups in total. The van der Waals surface area contributed by atoms with E-state index in [1.54, 1.807) is 19.1 Å². The molecule has 0 radical (unpaired) electrons. The largest absolute Gasteiger partial charge is 0.462 e. The summed E-state index contributed by atoms with van der Waals surface area (Å²) in [4.78, 5) is 12.3. The predicted molar refractivity (Wildman–Crippen MR) is 63.7 cm³/mol. The Kier molecular flexibility index (Phi) is 4.39. The quantitative estimate of drug-likeness (QED) is 0.647. The lowest BCUT2D eigenvalue weighted by Gasteiger charge is -2.09. The monoisotopic (exact) mass is 235 g/mol. The van der Waals surface area contributed by atoms with Gasteiger partial charge >= 0.3 is 5.97 Å². The molecule has 1 aromatic rings. The number of hydrogen-bond acceptors (Lipinski definition) is 4. The van der Waals surface area contributed by atoms with Crippen molar-refractivity contribution in [2.24, 2.45) is 0 Å². The first-order valence-electron chi connectivity index (χ1n) is 5.07. The summed E-state index contributed by atoms with van der Waals surface area (Å²) >= 11 is 4.27. The van der Waals surface area contributed by atoms with Gasteiger partial charge in [-0.1, -0.05) is 6.92 Å². The molecule has 0 amide bonds. The van der Waals surface area contributed by atoms with Crippen molar-refractivity contribution in [1.29, 1.82) is 5.26 Å². The van der Waals surface area contributed by atoms with Gasteiger partial charge in [-0.25, -0.2) is 4.79 Å². The van der Waals surface area contributed by atoms with Crippen LogP contribution in [0.1, 0.15) is 35.3 Å². The molecule has 1 aromatic carbocycles. The Labute approximate surface area is 100 Å². The number of carbonyl (C=O) groups excluding carboxylic acids is 1. The molecular formula is C12H13NO2S. The molecule has 0 fully saturated rings. The van der Waals surface area contributed by atoms with Gasteiger partial charge in [0.25, 0.3) is 0 Å². The fraction of sp³-hybridized carbons (Fsp3) is 0.333. The summed E-state index contributed by atoms with van der Waals surface area (Å²) in [7, 11) is 0. The first-order chi connectivity index (χ1) is 7.65. The number of carbonyl (C=O) groups is 1. The average Bonchev–Trinajstić information content (AvgIpc) is 2.28. The van der Waals surface area contributed by atoms with Gasteiger partial charge in [-0.3, -0.25) is 0 Å². The molecule has 0 aliphatic rings. The highest BCUT2D eigenvalue weighted by Crippen LogP contribution is 2.23. The van der Waals surface area contributed by atoms with E-state index in [-0.39, 0.29) is 0 Å². The zero-order valence-corrected chi connectivity index (χ0v) is 10.2. The van der Waals surface area contributed by atoms with E-state index in [1.807, 2.05) is 13.0 Å². The van der Waals surface area contributed by atoms with Gasteiger partial charge in [0.1, 0.15) is 6.07 Å². The molecule has 0 saturated heterocycles. The Bertz CT molecular complexity index is 449. The highest BCUT2D eigenvalue weighted by molar-refractivity contribution is 7.80. The van der Waals surface area contributed by atoms with Crippen molar-refractivity contribution in [1.82, 2.24) is 0 Å². The van der Waals surface area contributed by atoms with Crippen molar-refractivity contribution in [3.05, 3.63) is 28.8 Å². The van der Waals surface area contributed by atoms with E-state index in [2.05, 4.69) is 12.6 Å². The molecule has 1 rings (SSSR count). The van der Waals surface area contributed by atoms with Crippen molar-refractivity contribution in [3.63, 3.8) is 0 Å². The predicted octanol–water partition coefficient (Wildman–Crippen LogP) is 2.59. The molecule has 0 unspecified atom stereocenters. The molecule has 16 heavy (non-hydrogen) atoms. The maximum Gasteiger partial charge on any atom is 0.339 e. The van der Waals surface area contributed by atoms with E-state index in [4.69, 9.17) is 10.00 Å². The third-order valence-corrected chi connectivity index (χ3v) is 2.67. The summed E-state index contributed by atoms with van der Waals surface area (Å²) in [6.07, 6.45) is 0.662. The summed E-state index contributed by atoms with van der Waals surface area (Å²) in [5.41, 5.74) is 1.48. The first kappa shape index (κ1) is 12.6. The van der Waals surface area contributed by atoms with Crippen LogP contribution in [0.2, 0.25) is 0 Å². The normalized spacial score (nSPS) is 9.62. The third-order valence-electron chi connectivity index (χ3n) is 2.25. The van der Waals surface area contributed by atoms with E-state index in [9.17, 15) is 4.79 Å². The molecule has 0 aliphatic carbocycles. The van der Waals surface area contributed by atoms with Crippen molar-refractivity contribution in [2.45, 2.75) is 25.2 Å². The van der Waals surface area contributed by atoms with Crippen molar-refractivity contribution < 1.29 is 9.53 Å².